The molecule has 1 aromatic rings. The van der Waals surface area contributed by atoms with E-state index in [9.17, 15) is 0 Å². The highest BCUT2D eigenvalue weighted by atomic mass is 16.5. The zero-order valence-electron chi connectivity index (χ0n) is 7.99. The maximum Gasteiger partial charge on any atom is 0.226 e. The fourth-order valence-corrected chi connectivity index (χ4v) is 0.919. The van der Waals surface area contributed by atoms with Crippen LogP contribution in [0, 0.1) is 0 Å². The predicted octanol–water partition coefficient (Wildman–Crippen LogP) is 0.496. The maximum atomic E-state index is 5.34. The minimum absolute atomic E-state index is 0.216. The molecule has 0 saturated heterocycles. The first-order valence-corrected chi connectivity index (χ1v) is 4.30. The lowest BCUT2D eigenvalue weighted by atomic mass is 10.2. The van der Waals surface area contributed by atoms with Crippen LogP contribution in [0.4, 0.5) is 0 Å². The second-order valence-electron chi connectivity index (χ2n) is 2.89. The third-order valence-corrected chi connectivity index (χ3v) is 1.86. The quantitative estimate of drug-likeness (QED) is 0.722. The van der Waals surface area contributed by atoms with Gasteiger partial charge in [-0.25, -0.2) is 0 Å². The molecule has 1 aromatic heterocycles. The first kappa shape index (κ1) is 10.1. The van der Waals surface area contributed by atoms with Gasteiger partial charge in [0, 0.05) is 13.5 Å². The Labute approximate surface area is 77.3 Å². The standard InChI is InChI=1S/C8H15N3O2/c1-6(12-2)3-4-8-10-7(5-9)11-13-8/h6H,3-5,9H2,1-2H3. The predicted molar refractivity (Wildman–Crippen MR) is 47.0 cm³/mol. The van der Waals surface area contributed by atoms with E-state index in [-0.39, 0.29) is 6.10 Å². The number of aromatic nitrogens is 2. The van der Waals surface area contributed by atoms with Crippen molar-refractivity contribution in [3.8, 4) is 0 Å². The van der Waals surface area contributed by atoms with Crippen molar-refractivity contribution in [1.29, 1.82) is 0 Å². The van der Waals surface area contributed by atoms with Crippen molar-refractivity contribution in [2.45, 2.75) is 32.4 Å². The number of nitrogens with two attached hydrogens (primary N) is 1. The molecule has 1 rings (SSSR count). The summed E-state index contributed by atoms with van der Waals surface area (Å²) in [6.45, 7) is 2.32. The molecule has 5 heteroatoms. The molecular weight excluding hydrogens is 170 g/mol. The minimum Gasteiger partial charge on any atom is -0.382 e. The fourth-order valence-electron chi connectivity index (χ4n) is 0.919. The molecule has 1 unspecified atom stereocenters. The van der Waals surface area contributed by atoms with Gasteiger partial charge in [0.15, 0.2) is 5.82 Å². The second-order valence-corrected chi connectivity index (χ2v) is 2.89. The van der Waals surface area contributed by atoms with Gasteiger partial charge in [-0.1, -0.05) is 5.16 Å². The number of rotatable bonds is 5. The van der Waals surface area contributed by atoms with E-state index in [0.29, 0.717) is 18.3 Å². The highest BCUT2D eigenvalue weighted by molar-refractivity contribution is 4.85. The van der Waals surface area contributed by atoms with Crippen LogP contribution in [0.5, 0.6) is 0 Å². The summed E-state index contributed by atoms with van der Waals surface area (Å²) >= 11 is 0. The summed E-state index contributed by atoms with van der Waals surface area (Å²) in [6, 6.07) is 0. The van der Waals surface area contributed by atoms with Crippen LogP contribution >= 0.6 is 0 Å². The molecule has 0 bridgehead atoms. The van der Waals surface area contributed by atoms with Crippen molar-refractivity contribution in [3.05, 3.63) is 11.7 Å². The Balaban J connectivity index is 2.36. The van der Waals surface area contributed by atoms with E-state index in [4.69, 9.17) is 15.0 Å². The third-order valence-electron chi connectivity index (χ3n) is 1.86. The van der Waals surface area contributed by atoms with Gasteiger partial charge in [0.2, 0.25) is 5.89 Å². The van der Waals surface area contributed by atoms with Crippen LogP contribution in [0.3, 0.4) is 0 Å². The first-order chi connectivity index (χ1) is 6.26. The van der Waals surface area contributed by atoms with E-state index in [1.165, 1.54) is 0 Å². The molecule has 0 saturated carbocycles. The Morgan fingerprint density at radius 2 is 2.38 bits per heavy atom. The lowest BCUT2D eigenvalue weighted by molar-refractivity contribution is 0.109. The Hall–Kier alpha value is -0.940. The van der Waals surface area contributed by atoms with Crippen molar-refractivity contribution < 1.29 is 9.26 Å². The molecule has 1 heterocycles. The van der Waals surface area contributed by atoms with Crippen LogP contribution in [0.2, 0.25) is 0 Å². The van der Waals surface area contributed by atoms with E-state index >= 15 is 0 Å². The smallest absolute Gasteiger partial charge is 0.226 e. The van der Waals surface area contributed by atoms with Crippen molar-refractivity contribution >= 4 is 0 Å². The van der Waals surface area contributed by atoms with Crippen LogP contribution in [-0.4, -0.2) is 23.4 Å². The van der Waals surface area contributed by atoms with Gasteiger partial charge in [0.25, 0.3) is 0 Å². The number of hydrogen-bond acceptors (Lipinski definition) is 5. The van der Waals surface area contributed by atoms with E-state index in [2.05, 4.69) is 10.1 Å². The first-order valence-electron chi connectivity index (χ1n) is 4.30. The zero-order chi connectivity index (χ0) is 9.68. The summed E-state index contributed by atoms with van der Waals surface area (Å²) in [5.74, 6) is 1.18. The molecule has 0 radical (unpaired) electrons. The average Bonchev–Trinajstić information content (AvgIpc) is 2.61. The molecule has 74 valence electrons. The summed E-state index contributed by atoms with van der Waals surface area (Å²) in [6.07, 6.45) is 1.83. The molecule has 2 N–H and O–H groups in total. The number of aryl methyl sites for hydroxylation is 1. The lowest BCUT2D eigenvalue weighted by Gasteiger charge is -2.05. The van der Waals surface area contributed by atoms with Gasteiger partial charge in [-0.15, -0.1) is 0 Å². The molecule has 1 atom stereocenters. The summed E-state index contributed by atoms with van der Waals surface area (Å²) in [4.78, 5) is 4.08. The summed E-state index contributed by atoms with van der Waals surface area (Å²) in [7, 11) is 1.68. The largest absolute Gasteiger partial charge is 0.382 e. The number of nitrogens with zero attached hydrogens (tertiary/aromatic N) is 2. The van der Waals surface area contributed by atoms with Crippen LogP contribution in [0.1, 0.15) is 25.1 Å². The van der Waals surface area contributed by atoms with Gasteiger partial charge in [-0.3, -0.25) is 0 Å². The van der Waals surface area contributed by atoms with Gasteiger partial charge in [-0.2, -0.15) is 4.98 Å². The van der Waals surface area contributed by atoms with Gasteiger partial charge >= 0.3 is 0 Å². The Morgan fingerprint density at radius 3 is 2.92 bits per heavy atom. The van der Waals surface area contributed by atoms with Crippen LogP contribution in [0.15, 0.2) is 4.52 Å². The summed E-state index contributed by atoms with van der Waals surface area (Å²) < 4.78 is 10.0. The zero-order valence-corrected chi connectivity index (χ0v) is 7.99. The number of methoxy groups -OCH3 is 1. The third kappa shape index (κ3) is 3.12. The van der Waals surface area contributed by atoms with E-state index in [1.54, 1.807) is 7.11 Å². The molecule has 13 heavy (non-hydrogen) atoms. The molecule has 0 aliphatic carbocycles. The van der Waals surface area contributed by atoms with Crippen LogP contribution in [0.25, 0.3) is 0 Å². The number of ether oxygens (including phenoxy) is 1. The molecule has 0 aromatic carbocycles. The molecule has 0 aliphatic rings. The van der Waals surface area contributed by atoms with Gasteiger partial charge in [0.05, 0.1) is 12.6 Å². The minimum atomic E-state index is 0.216. The highest BCUT2D eigenvalue weighted by Crippen LogP contribution is 2.04. The molecular formula is C8H15N3O2. The number of hydrogen-bond donors (Lipinski definition) is 1. The van der Waals surface area contributed by atoms with Crippen LogP contribution in [-0.2, 0) is 17.7 Å². The fraction of sp³-hybridized carbons (Fsp3) is 0.750. The second kappa shape index (κ2) is 4.94. The van der Waals surface area contributed by atoms with Gasteiger partial charge in [-0.05, 0) is 13.3 Å². The SMILES string of the molecule is COC(C)CCc1nc(CN)no1. The summed E-state index contributed by atoms with van der Waals surface area (Å²) in [5.41, 5.74) is 5.34. The highest BCUT2D eigenvalue weighted by Gasteiger charge is 2.06. The van der Waals surface area contributed by atoms with Gasteiger partial charge in [0.1, 0.15) is 0 Å². The van der Waals surface area contributed by atoms with E-state index in [0.717, 1.165) is 12.8 Å². The molecule has 0 fully saturated rings. The Bertz CT molecular complexity index is 249. The topological polar surface area (TPSA) is 74.2 Å². The van der Waals surface area contributed by atoms with Crippen molar-refractivity contribution in [1.82, 2.24) is 10.1 Å². The molecule has 0 amide bonds. The van der Waals surface area contributed by atoms with E-state index < -0.39 is 0 Å². The normalized spacial score (nSPS) is 13.2. The Morgan fingerprint density at radius 1 is 1.62 bits per heavy atom. The van der Waals surface area contributed by atoms with Crippen molar-refractivity contribution in [3.63, 3.8) is 0 Å². The van der Waals surface area contributed by atoms with Crippen molar-refractivity contribution in [2.75, 3.05) is 7.11 Å². The molecule has 0 spiro atoms. The Kier molecular flexibility index (Phi) is 3.85. The monoisotopic (exact) mass is 185 g/mol. The molecule has 5 nitrogen and oxygen atoms in total. The van der Waals surface area contributed by atoms with Gasteiger partial charge < -0.3 is 15.0 Å². The van der Waals surface area contributed by atoms with E-state index in [1.807, 2.05) is 6.92 Å². The van der Waals surface area contributed by atoms with Crippen molar-refractivity contribution in [2.24, 2.45) is 5.73 Å². The van der Waals surface area contributed by atoms with Crippen LogP contribution < -0.4 is 5.73 Å². The maximum absolute atomic E-state index is 5.34. The molecule has 0 aliphatic heterocycles. The summed E-state index contributed by atoms with van der Waals surface area (Å²) in [5, 5.41) is 3.69. The average molecular weight is 185 g/mol. The lowest BCUT2D eigenvalue weighted by Crippen LogP contribution is -2.06.